The van der Waals surface area contributed by atoms with Crippen LogP contribution in [0.3, 0.4) is 0 Å². The standard InChI is InChI=1S/C22H37N3O2/c26-21(15-17-5-1-2-6-17)23-19-9-7-18(8-10-19)22(27)25-14-11-20(16-25)24-12-3-4-13-24/h17-20H,1-16H2,(H,23,26). The molecule has 2 amide bonds. The van der Waals surface area contributed by atoms with Crippen molar-refractivity contribution in [1.29, 1.82) is 0 Å². The van der Waals surface area contributed by atoms with Gasteiger partial charge < -0.3 is 10.2 Å². The van der Waals surface area contributed by atoms with Crippen LogP contribution in [-0.4, -0.2) is 59.9 Å². The molecule has 5 heteroatoms. The van der Waals surface area contributed by atoms with Gasteiger partial charge in [0, 0.05) is 37.5 Å². The third-order valence-electron chi connectivity index (χ3n) is 7.52. The molecule has 0 aromatic carbocycles. The van der Waals surface area contributed by atoms with Gasteiger partial charge in [0.15, 0.2) is 0 Å². The minimum Gasteiger partial charge on any atom is -0.353 e. The number of hydrogen-bond acceptors (Lipinski definition) is 3. The van der Waals surface area contributed by atoms with Crippen LogP contribution in [0, 0.1) is 11.8 Å². The first-order chi connectivity index (χ1) is 13.2. The summed E-state index contributed by atoms with van der Waals surface area (Å²) in [5.74, 6) is 1.42. The van der Waals surface area contributed by atoms with Gasteiger partial charge in [-0.25, -0.2) is 0 Å². The second-order valence-electron chi connectivity index (χ2n) is 9.44. The molecule has 4 fully saturated rings. The van der Waals surface area contributed by atoms with E-state index in [9.17, 15) is 9.59 Å². The number of carbonyl (C=O) groups is 2. The lowest BCUT2D eigenvalue weighted by molar-refractivity contribution is -0.135. The van der Waals surface area contributed by atoms with E-state index in [2.05, 4.69) is 15.1 Å². The van der Waals surface area contributed by atoms with Crippen molar-refractivity contribution in [3.8, 4) is 0 Å². The molecule has 27 heavy (non-hydrogen) atoms. The number of rotatable bonds is 5. The van der Waals surface area contributed by atoms with Gasteiger partial charge in [-0.15, -0.1) is 0 Å². The molecule has 2 aliphatic carbocycles. The second kappa shape index (κ2) is 8.93. The zero-order chi connectivity index (χ0) is 18.6. The van der Waals surface area contributed by atoms with Crippen molar-refractivity contribution in [1.82, 2.24) is 15.1 Å². The fourth-order valence-corrected chi connectivity index (χ4v) is 5.85. The van der Waals surface area contributed by atoms with Gasteiger partial charge in [0.1, 0.15) is 0 Å². The predicted molar refractivity (Wildman–Crippen MR) is 106 cm³/mol. The van der Waals surface area contributed by atoms with Crippen LogP contribution < -0.4 is 5.32 Å². The Kier molecular flexibility index (Phi) is 6.36. The van der Waals surface area contributed by atoms with Gasteiger partial charge in [-0.2, -0.15) is 0 Å². The average Bonchev–Trinajstić information content (AvgIpc) is 3.43. The molecule has 5 nitrogen and oxygen atoms in total. The zero-order valence-electron chi connectivity index (χ0n) is 16.8. The summed E-state index contributed by atoms with van der Waals surface area (Å²) in [6.07, 6.45) is 13.4. The van der Waals surface area contributed by atoms with E-state index in [1.807, 2.05) is 0 Å². The summed E-state index contributed by atoms with van der Waals surface area (Å²) in [6.45, 7) is 4.33. The summed E-state index contributed by atoms with van der Waals surface area (Å²) >= 11 is 0. The third kappa shape index (κ3) is 4.85. The molecule has 2 saturated carbocycles. The van der Waals surface area contributed by atoms with Crippen LogP contribution in [0.25, 0.3) is 0 Å². The van der Waals surface area contributed by atoms with Gasteiger partial charge in [0.2, 0.25) is 11.8 Å². The number of nitrogens with one attached hydrogen (secondary N) is 1. The lowest BCUT2D eigenvalue weighted by Crippen LogP contribution is -2.43. The first-order valence-electron chi connectivity index (χ1n) is 11.5. The Morgan fingerprint density at radius 3 is 2.22 bits per heavy atom. The van der Waals surface area contributed by atoms with Crippen LogP contribution in [0.4, 0.5) is 0 Å². The van der Waals surface area contributed by atoms with E-state index in [-0.39, 0.29) is 11.8 Å². The molecule has 2 saturated heterocycles. The smallest absolute Gasteiger partial charge is 0.225 e. The lowest BCUT2D eigenvalue weighted by Gasteiger charge is -2.31. The molecule has 0 aromatic rings. The van der Waals surface area contributed by atoms with Crippen LogP contribution in [-0.2, 0) is 9.59 Å². The highest BCUT2D eigenvalue weighted by Gasteiger charge is 2.36. The molecule has 1 N–H and O–H groups in total. The zero-order valence-corrected chi connectivity index (χ0v) is 16.8. The molecule has 1 unspecified atom stereocenters. The van der Waals surface area contributed by atoms with Gasteiger partial charge >= 0.3 is 0 Å². The Balaban J connectivity index is 1.17. The van der Waals surface area contributed by atoms with Gasteiger partial charge in [-0.3, -0.25) is 14.5 Å². The summed E-state index contributed by atoms with van der Waals surface area (Å²) in [5, 5.41) is 3.25. The molecular weight excluding hydrogens is 338 g/mol. The summed E-state index contributed by atoms with van der Waals surface area (Å²) in [4.78, 5) is 29.9. The van der Waals surface area contributed by atoms with Crippen LogP contribution in [0.5, 0.6) is 0 Å². The van der Waals surface area contributed by atoms with E-state index in [1.54, 1.807) is 0 Å². The SMILES string of the molecule is O=C(CC1CCCC1)NC1CCC(C(=O)N2CCC(N3CCCC3)C2)CC1. The van der Waals surface area contributed by atoms with Crippen molar-refractivity contribution in [2.75, 3.05) is 26.2 Å². The normalized spacial score (nSPS) is 32.9. The lowest BCUT2D eigenvalue weighted by atomic mass is 9.85. The molecule has 2 heterocycles. The number of carbonyl (C=O) groups excluding carboxylic acids is 2. The van der Waals surface area contributed by atoms with E-state index in [0.717, 1.165) is 45.2 Å². The maximum absolute atomic E-state index is 12.9. The highest BCUT2D eigenvalue weighted by Crippen LogP contribution is 2.30. The summed E-state index contributed by atoms with van der Waals surface area (Å²) in [6, 6.07) is 0.890. The van der Waals surface area contributed by atoms with E-state index in [0.29, 0.717) is 30.3 Å². The molecule has 0 aromatic heterocycles. The van der Waals surface area contributed by atoms with Gasteiger partial charge in [-0.05, 0) is 76.8 Å². The molecule has 2 aliphatic heterocycles. The minimum atomic E-state index is 0.185. The third-order valence-corrected chi connectivity index (χ3v) is 7.52. The van der Waals surface area contributed by atoms with Crippen LogP contribution >= 0.6 is 0 Å². The number of nitrogens with zero attached hydrogens (tertiary/aromatic N) is 2. The highest BCUT2D eigenvalue weighted by molar-refractivity contribution is 5.79. The fraction of sp³-hybridized carbons (Fsp3) is 0.909. The molecule has 4 rings (SSSR count). The fourth-order valence-electron chi connectivity index (χ4n) is 5.85. The van der Waals surface area contributed by atoms with Gasteiger partial charge in [0.05, 0.1) is 0 Å². The average molecular weight is 376 g/mol. The minimum absolute atomic E-state index is 0.185. The first kappa shape index (κ1) is 19.2. The molecular formula is C22H37N3O2. The summed E-state index contributed by atoms with van der Waals surface area (Å²) in [7, 11) is 0. The van der Waals surface area contributed by atoms with Gasteiger partial charge in [0.25, 0.3) is 0 Å². The van der Waals surface area contributed by atoms with Crippen LogP contribution in [0.2, 0.25) is 0 Å². The van der Waals surface area contributed by atoms with Crippen molar-refractivity contribution < 1.29 is 9.59 Å². The van der Waals surface area contributed by atoms with E-state index < -0.39 is 0 Å². The van der Waals surface area contributed by atoms with Crippen LogP contribution in [0.15, 0.2) is 0 Å². The van der Waals surface area contributed by atoms with E-state index >= 15 is 0 Å². The quantitative estimate of drug-likeness (QED) is 0.804. The molecule has 0 bridgehead atoms. The van der Waals surface area contributed by atoms with Crippen molar-refractivity contribution >= 4 is 11.8 Å². The molecule has 4 aliphatic rings. The monoisotopic (exact) mass is 375 g/mol. The summed E-state index contributed by atoms with van der Waals surface area (Å²) in [5.41, 5.74) is 0. The Bertz CT molecular complexity index is 518. The number of likely N-dealkylation sites (tertiary alicyclic amines) is 2. The Morgan fingerprint density at radius 2 is 1.52 bits per heavy atom. The van der Waals surface area contributed by atoms with Crippen molar-refractivity contribution in [2.24, 2.45) is 11.8 Å². The topological polar surface area (TPSA) is 52.7 Å². The Labute approximate surface area is 164 Å². The van der Waals surface area contributed by atoms with Crippen molar-refractivity contribution in [3.63, 3.8) is 0 Å². The van der Waals surface area contributed by atoms with Crippen LogP contribution in [0.1, 0.15) is 77.0 Å². The molecule has 1 atom stereocenters. The Morgan fingerprint density at radius 1 is 0.815 bits per heavy atom. The predicted octanol–water partition coefficient (Wildman–Crippen LogP) is 2.94. The number of amides is 2. The van der Waals surface area contributed by atoms with E-state index in [4.69, 9.17) is 0 Å². The second-order valence-corrected chi connectivity index (χ2v) is 9.44. The maximum atomic E-state index is 12.9. The van der Waals surface area contributed by atoms with Crippen molar-refractivity contribution in [2.45, 2.75) is 89.1 Å². The summed E-state index contributed by atoms with van der Waals surface area (Å²) < 4.78 is 0. The molecule has 0 radical (unpaired) electrons. The highest BCUT2D eigenvalue weighted by atomic mass is 16.2. The van der Waals surface area contributed by atoms with Gasteiger partial charge in [-0.1, -0.05) is 12.8 Å². The van der Waals surface area contributed by atoms with E-state index in [1.165, 1.54) is 51.6 Å². The first-order valence-corrected chi connectivity index (χ1v) is 11.5. The maximum Gasteiger partial charge on any atom is 0.225 e. The molecule has 0 spiro atoms. The Hall–Kier alpha value is -1.10. The number of hydrogen-bond donors (Lipinski definition) is 1. The van der Waals surface area contributed by atoms with Crippen molar-refractivity contribution in [3.05, 3.63) is 0 Å². The largest absolute Gasteiger partial charge is 0.353 e. The molecule has 152 valence electrons.